The van der Waals surface area contributed by atoms with E-state index in [1.54, 1.807) is 0 Å². The SMILES string of the molecule is O=C1[CH]C(=O)CC(=O)C1. The second kappa shape index (κ2) is 2.09. The molecule has 0 saturated heterocycles. The highest BCUT2D eigenvalue weighted by Gasteiger charge is 2.22. The van der Waals surface area contributed by atoms with Crippen molar-refractivity contribution in [2.75, 3.05) is 0 Å². The van der Waals surface area contributed by atoms with Crippen molar-refractivity contribution in [2.45, 2.75) is 12.8 Å². The van der Waals surface area contributed by atoms with Gasteiger partial charge in [0.1, 0.15) is 5.78 Å². The third-order valence-corrected chi connectivity index (χ3v) is 1.06. The van der Waals surface area contributed by atoms with Crippen LogP contribution in [0.4, 0.5) is 0 Å². The Morgan fingerprint density at radius 1 is 1.00 bits per heavy atom. The molecule has 0 atom stereocenters. The first-order valence-corrected chi connectivity index (χ1v) is 2.60. The van der Waals surface area contributed by atoms with E-state index in [2.05, 4.69) is 0 Å². The van der Waals surface area contributed by atoms with Crippen molar-refractivity contribution in [3.05, 3.63) is 6.42 Å². The number of carbonyl (C=O) groups is 3. The summed E-state index contributed by atoms with van der Waals surface area (Å²) in [6.45, 7) is 0. The lowest BCUT2D eigenvalue weighted by Gasteiger charge is -2.03. The van der Waals surface area contributed by atoms with Crippen LogP contribution in [0.15, 0.2) is 0 Å². The van der Waals surface area contributed by atoms with Gasteiger partial charge in [0.15, 0.2) is 11.6 Å². The smallest absolute Gasteiger partial charge is 0.151 e. The molecule has 1 saturated carbocycles. The average molecular weight is 125 g/mol. The summed E-state index contributed by atoms with van der Waals surface area (Å²) >= 11 is 0. The Bertz CT molecular complexity index is 135. The van der Waals surface area contributed by atoms with Gasteiger partial charge in [0.2, 0.25) is 0 Å². The molecule has 0 unspecified atom stereocenters. The highest BCUT2D eigenvalue weighted by atomic mass is 16.2. The first-order chi connectivity index (χ1) is 4.18. The van der Waals surface area contributed by atoms with Crippen molar-refractivity contribution in [3.63, 3.8) is 0 Å². The van der Waals surface area contributed by atoms with Gasteiger partial charge in [-0.15, -0.1) is 0 Å². The number of rotatable bonds is 0. The molecule has 3 heteroatoms. The van der Waals surface area contributed by atoms with E-state index in [1.165, 1.54) is 0 Å². The molecule has 1 rings (SSSR count). The zero-order valence-electron chi connectivity index (χ0n) is 4.72. The highest BCUT2D eigenvalue weighted by Crippen LogP contribution is 2.04. The molecule has 1 aliphatic rings. The second-order valence-electron chi connectivity index (χ2n) is 1.97. The third-order valence-electron chi connectivity index (χ3n) is 1.06. The zero-order chi connectivity index (χ0) is 6.85. The molecule has 0 aromatic carbocycles. The van der Waals surface area contributed by atoms with E-state index in [4.69, 9.17) is 0 Å². The predicted molar refractivity (Wildman–Crippen MR) is 28.6 cm³/mol. The lowest BCUT2D eigenvalue weighted by Crippen LogP contribution is -2.22. The van der Waals surface area contributed by atoms with E-state index in [-0.39, 0.29) is 30.2 Å². The fraction of sp³-hybridized carbons (Fsp3) is 0.333. The average Bonchev–Trinajstić information content (AvgIpc) is 1.59. The number of ketones is 3. The van der Waals surface area contributed by atoms with Crippen LogP contribution in [0, 0.1) is 6.42 Å². The standard InChI is InChI=1S/C6H5O3/c7-4-1-5(8)3-6(9)2-4/h1H,2-3H2. The molecular weight excluding hydrogens is 120 g/mol. The third kappa shape index (κ3) is 1.45. The van der Waals surface area contributed by atoms with Crippen LogP contribution < -0.4 is 0 Å². The van der Waals surface area contributed by atoms with Gasteiger partial charge in [-0.25, -0.2) is 0 Å². The van der Waals surface area contributed by atoms with Crippen molar-refractivity contribution in [3.8, 4) is 0 Å². The van der Waals surface area contributed by atoms with Gasteiger partial charge in [0.25, 0.3) is 0 Å². The topological polar surface area (TPSA) is 51.2 Å². The maximum Gasteiger partial charge on any atom is 0.151 e. The van der Waals surface area contributed by atoms with E-state index in [0.29, 0.717) is 0 Å². The van der Waals surface area contributed by atoms with Crippen LogP contribution in [0.1, 0.15) is 12.8 Å². The van der Waals surface area contributed by atoms with Gasteiger partial charge in [-0.05, 0) is 0 Å². The molecule has 0 heterocycles. The van der Waals surface area contributed by atoms with E-state index >= 15 is 0 Å². The van der Waals surface area contributed by atoms with Crippen molar-refractivity contribution in [1.29, 1.82) is 0 Å². The Labute approximate surface area is 52.0 Å². The molecule has 0 amide bonds. The van der Waals surface area contributed by atoms with Crippen LogP contribution in [-0.2, 0) is 14.4 Å². The van der Waals surface area contributed by atoms with E-state index in [9.17, 15) is 14.4 Å². The molecule has 3 nitrogen and oxygen atoms in total. The second-order valence-corrected chi connectivity index (χ2v) is 1.97. The summed E-state index contributed by atoms with van der Waals surface area (Å²) in [4.78, 5) is 31.2. The van der Waals surface area contributed by atoms with Crippen molar-refractivity contribution in [1.82, 2.24) is 0 Å². The fourth-order valence-corrected chi connectivity index (χ4v) is 0.733. The molecule has 0 N–H and O–H groups in total. The van der Waals surface area contributed by atoms with Gasteiger partial charge >= 0.3 is 0 Å². The first-order valence-electron chi connectivity index (χ1n) is 2.60. The summed E-state index contributed by atoms with van der Waals surface area (Å²) in [6.07, 6.45) is 0.804. The van der Waals surface area contributed by atoms with E-state index in [1.807, 2.05) is 0 Å². The zero-order valence-corrected chi connectivity index (χ0v) is 4.72. The van der Waals surface area contributed by atoms with Crippen LogP contribution >= 0.6 is 0 Å². The lowest BCUT2D eigenvalue weighted by molar-refractivity contribution is -0.132. The van der Waals surface area contributed by atoms with Crippen LogP contribution in [0.25, 0.3) is 0 Å². The quantitative estimate of drug-likeness (QED) is 0.417. The van der Waals surface area contributed by atoms with Crippen molar-refractivity contribution < 1.29 is 14.4 Å². The van der Waals surface area contributed by atoms with Crippen molar-refractivity contribution in [2.24, 2.45) is 0 Å². The van der Waals surface area contributed by atoms with Crippen LogP contribution in [-0.4, -0.2) is 17.3 Å². The summed E-state index contributed by atoms with van der Waals surface area (Å²) in [5, 5.41) is 0. The Hall–Kier alpha value is -0.990. The molecule has 1 aliphatic carbocycles. The summed E-state index contributed by atoms with van der Waals surface area (Å²) in [7, 11) is 0. The van der Waals surface area contributed by atoms with Gasteiger partial charge in [-0.1, -0.05) is 0 Å². The Balaban J connectivity index is 2.64. The molecule has 9 heavy (non-hydrogen) atoms. The normalized spacial score (nSPS) is 20.7. The Morgan fingerprint density at radius 3 is 1.78 bits per heavy atom. The summed E-state index contributed by atoms with van der Waals surface area (Å²) in [6, 6.07) is 0. The predicted octanol–water partition coefficient (Wildman–Crippen LogP) is -0.308. The molecule has 0 spiro atoms. The fourth-order valence-electron chi connectivity index (χ4n) is 0.733. The molecular formula is C6H5O3. The van der Waals surface area contributed by atoms with Gasteiger partial charge in [-0.3, -0.25) is 14.4 Å². The molecule has 1 fully saturated rings. The van der Waals surface area contributed by atoms with Gasteiger partial charge in [0, 0.05) is 0 Å². The summed E-state index contributed by atoms with van der Waals surface area (Å²) in [5.41, 5.74) is 0. The molecule has 1 radical (unpaired) electrons. The maximum atomic E-state index is 10.4. The molecule has 0 bridgehead atoms. The van der Waals surface area contributed by atoms with Crippen molar-refractivity contribution >= 4 is 17.3 Å². The van der Waals surface area contributed by atoms with Gasteiger partial charge in [-0.2, -0.15) is 0 Å². The number of hydrogen-bond donors (Lipinski definition) is 0. The van der Waals surface area contributed by atoms with Crippen LogP contribution in [0.5, 0.6) is 0 Å². The highest BCUT2D eigenvalue weighted by molar-refractivity contribution is 6.25. The number of hydrogen-bond acceptors (Lipinski definition) is 3. The van der Waals surface area contributed by atoms with E-state index in [0.717, 1.165) is 6.42 Å². The lowest BCUT2D eigenvalue weighted by atomic mass is 9.97. The van der Waals surface area contributed by atoms with Crippen LogP contribution in [0.3, 0.4) is 0 Å². The molecule has 0 aromatic heterocycles. The van der Waals surface area contributed by atoms with Crippen LogP contribution in [0.2, 0.25) is 0 Å². The minimum absolute atomic E-state index is 0.0915. The Morgan fingerprint density at radius 2 is 1.44 bits per heavy atom. The number of Topliss-reactive ketones (excluding diaryl/α,β-unsaturated/α-hetero) is 3. The first kappa shape index (κ1) is 6.13. The maximum absolute atomic E-state index is 10.4. The minimum atomic E-state index is -0.365. The monoisotopic (exact) mass is 125 g/mol. The summed E-state index contributed by atoms with van der Waals surface area (Å²) < 4.78 is 0. The van der Waals surface area contributed by atoms with Gasteiger partial charge < -0.3 is 0 Å². The minimum Gasteiger partial charge on any atom is -0.299 e. The van der Waals surface area contributed by atoms with Gasteiger partial charge in [0.05, 0.1) is 19.3 Å². The molecule has 0 aromatic rings. The largest absolute Gasteiger partial charge is 0.299 e. The summed E-state index contributed by atoms with van der Waals surface area (Å²) in [5.74, 6) is -1.000. The number of carbonyl (C=O) groups excluding carboxylic acids is 3. The Kier molecular flexibility index (Phi) is 1.42. The molecule has 47 valence electrons. The van der Waals surface area contributed by atoms with E-state index < -0.39 is 0 Å². The molecule has 0 aliphatic heterocycles.